The first-order chi connectivity index (χ1) is 11.0. The maximum absolute atomic E-state index is 13.6. The molecule has 0 radical (unpaired) electrons. The van der Waals surface area contributed by atoms with Gasteiger partial charge < -0.3 is 11.1 Å². The molecule has 0 saturated heterocycles. The highest BCUT2D eigenvalue weighted by Crippen LogP contribution is 2.18. The molecule has 0 unspecified atom stereocenters. The number of nitrogens with two attached hydrogens (primary N) is 1. The van der Waals surface area contributed by atoms with Crippen LogP contribution in [-0.2, 0) is 0 Å². The fourth-order valence-electron chi connectivity index (χ4n) is 1.79. The van der Waals surface area contributed by atoms with Crippen molar-refractivity contribution in [1.29, 1.82) is 0 Å². The van der Waals surface area contributed by atoms with Crippen LogP contribution in [0.25, 0.3) is 0 Å². The van der Waals surface area contributed by atoms with Gasteiger partial charge in [0.05, 0.1) is 17.1 Å². The Kier molecular flexibility index (Phi) is 5.34. The summed E-state index contributed by atoms with van der Waals surface area (Å²) < 4.78 is 13.6. The predicted octanol–water partition coefficient (Wildman–Crippen LogP) is 2.36. The van der Waals surface area contributed by atoms with Crippen molar-refractivity contribution in [3.05, 3.63) is 70.0 Å². The van der Waals surface area contributed by atoms with Gasteiger partial charge in [0.2, 0.25) is 5.91 Å². The fourth-order valence-corrected chi connectivity index (χ4v) is 2.04. The predicted molar refractivity (Wildman–Crippen MR) is 85.6 cm³/mol. The van der Waals surface area contributed by atoms with Gasteiger partial charge >= 0.3 is 0 Å². The number of hydrogen-bond acceptors (Lipinski definition) is 2. The minimum absolute atomic E-state index is 0.0288. The molecule has 2 amide bonds. The number of amides is 2. The van der Waals surface area contributed by atoms with Crippen LogP contribution in [0.3, 0.4) is 0 Å². The normalized spacial score (nSPS) is 9.65. The molecule has 0 aliphatic rings. The number of halogens is 2. The third-order valence-electron chi connectivity index (χ3n) is 2.93. The molecular weight excluding hydrogens is 319 g/mol. The van der Waals surface area contributed by atoms with E-state index >= 15 is 0 Å². The molecule has 116 valence electrons. The Labute approximate surface area is 137 Å². The summed E-state index contributed by atoms with van der Waals surface area (Å²) in [5.74, 6) is 3.69. The van der Waals surface area contributed by atoms with Crippen LogP contribution in [0.15, 0.2) is 42.5 Å². The number of primary amides is 1. The number of nitrogens with one attached hydrogen (secondary N) is 1. The second-order valence-corrected chi connectivity index (χ2v) is 4.93. The van der Waals surface area contributed by atoms with Crippen LogP contribution in [0.4, 0.5) is 4.39 Å². The molecule has 0 atom stereocenters. The minimum Gasteiger partial charge on any atom is -0.366 e. The molecule has 2 aromatic rings. The smallest absolute Gasteiger partial charge is 0.256 e. The summed E-state index contributed by atoms with van der Waals surface area (Å²) in [6.07, 6.45) is 0. The summed E-state index contributed by atoms with van der Waals surface area (Å²) in [4.78, 5) is 22.8. The first-order valence-corrected chi connectivity index (χ1v) is 6.98. The van der Waals surface area contributed by atoms with Gasteiger partial charge in [-0.2, -0.15) is 0 Å². The third kappa shape index (κ3) is 4.31. The van der Waals surface area contributed by atoms with Crippen molar-refractivity contribution in [2.75, 3.05) is 6.54 Å². The molecule has 2 aromatic carbocycles. The van der Waals surface area contributed by atoms with Gasteiger partial charge in [-0.3, -0.25) is 9.59 Å². The molecule has 2 rings (SSSR count). The van der Waals surface area contributed by atoms with E-state index in [0.29, 0.717) is 11.1 Å². The molecule has 3 N–H and O–H groups in total. The minimum atomic E-state index is -0.690. The zero-order chi connectivity index (χ0) is 16.8. The molecule has 0 spiro atoms. The number of rotatable bonds is 3. The molecule has 0 aromatic heterocycles. The van der Waals surface area contributed by atoms with Gasteiger partial charge in [0.15, 0.2) is 0 Å². The second kappa shape index (κ2) is 7.43. The maximum atomic E-state index is 13.6. The number of benzene rings is 2. The summed E-state index contributed by atoms with van der Waals surface area (Å²) in [6, 6.07) is 10.4. The van der Waals surface area contributed by atoms with Crippen molar-refractivity contribution in [2.45, 2.75) is 0 Å². The van der Waals surface area contributed by atoms with E-state index in [0.717, 1.165) is 6.07 Å². The Morgan fingerprint density at radius 1 is 1.17 bits per heavy atom. The van der Waals surface area contributed by atoms with Crippen molar-refractivity contribution < 1.29 is 14.0 Å². The highest BCUT2D eigenvalue weighted by atomic mass is 35.5. The van der Waals surface area contributed by atoms with Gasteiger partial charge in [0, 0.05) is 11.1 Å². The van der Waals surface area contributed by atoms with E-state index in [4.69, 9.17) is 17.3 Å². The summed E-state index contributed by atoms with van der Waals surface area (Å²) in [5, 5.41) is 2.51. The number of hydrogen-bond donors (Lipinski definition) is 2. The summed E-state index contributed by atoms with van der Waals surface area (Å²) >= 11 is 5.80. The molecule has 0 aliphatic carbocycles. The van der Waals surface area contributed by atoms with Crippen molar-refractivity contribution in [3.63, 3.8) is 0 Å². The Bertz CT molecular complexity index is 787. The first kappa shape index (κ1) is 16.5. The summed E-state index contributed by atoms with van der Waals surface area (Å²) in [6.45, 7) is 0.0288. The van der Waals surface area contributed by atoms with Crippen LogP contribution in [0, 0.1) is 17.7 Å². The SMILES string of the molecule is NC(=O)c1ccc(C#CCNC(=O)c2c(F)cccc2Cl)cc1. The van der Waals surface area contributed by atoms with Gasteiger partial charge in [-0.05, 0) is 36.4 Å². The van der Waals surface area contributed by atoms with Gasteiger partial charge in [-0.25, -0.2) is 4.39 Å². The van der Waals surface area contributed by atoms with Crippen LogP contribution in [-0.4, -0.2) is 18.4 Å². The zero-order valence-corrected chi connectivity index (χ0v) is 12.7. The van der Waals surface area contributed by atoms with Gasteiger partial charge in [0.25, 0.3) is 5.91 Å². The number of carbonyl (C=O) groups excluding carboxylic acids is 2. The molecule has 23 heavy (non-hydrogen) atoms. The molecule has 0 fully saturated rings. The third-order valence-corrected chi connectivity index (χ3v) is 3.24. The van der Waals surface area contributed by atoms with Gasteiger partial charge in [-0.15, -0.1) is 0 Å². The molecule has 0 bridgehead atoms. The lowest BCUT2D eigenvalue weighted by molar-refractivity contribution is 0.0953. The van der Waals surface area contributed by atoms with Crippen LogP contribution in [0.5, 0.6) is 0 Å². The molecule has 6 heteroatoms. The highest BCUT2D eigenvalue weighted by Gasteiger charge is 2.14. The van der Waals surface area contributed by atoms with E-state index in [1.165, 1.54) is 12.1 Å². The van der Waals surface area contributed by atoms with Crippen LogP contribution in [0.1, 0.15) is 26.3 Å². The van der Waals surface area contributed by atoms with E-state index in [1.807, 2.05) is 0 Å². The Hall–Kier alpha value is -2.84. The van der Waals surface area contributed by atoms with Crippen molar-refractivity contribution in [1.82, 2.24) is 5.32 Å². The van der Waals surface area contributed by atoms with E-state index < -0.39 is 17.6 Å². The average Bonchev–Trinajstić information content (AvgIpc) is 2.52. The molecule has 0 heterocycles. The lowest BCUT2D eigenvalue weighted by atomic mass is 10.1. The van der Waals surface area contributed by atoms with Crippen LogP contribution < -0.4 is 11.1 Å². The molecule has 4 nitrogen and oxygen atoms in total. The topological polar surface area (TPSA) is 72.2 Å². The first-order valence-electron chi connectivity index (χ1n) is 6.60. The quantitative estimate of drug-likeness (QED) is 0.848. The monoisotopic (exact) mass is 330 g/mol. The maximum Gasteiger partial charge on any atom is 0.256 e. The lowest BCUT2D eigenvalue weighted by Gasteiger charge is -2.04. The highest BCUT2D eigenvalue weighted by molar-refractivity contribution is 6.33. The number of carbonyl (C=O) groups is 2. The van der Waals surface area contributed by atoms with E-state index in [-0.39, 0.29) is 17.1 Å². The molecule has 0 aliphatic heterocycles. The van der Waals surface area contributed by atoms with Crippen molar-refractivity contribution >= 4 is 23.4 Å². The Morgan fingerprint density at radius 2 is 1.87 bits per heavy atom. The Balaban J connectivity index is 1.98. The summed E-state index contributed by atoms with van der Waals surface area (Å²) in [5.41, 5.74) is 5.98. The largest absolute Gasteiger partial charge is 0.366 e. The average molecular weight is 331 g/mol. The van der Waals surface area contributed by atoms with E-state index in [2.05, 4.69) is 17.2 Å². The van der Waals surface area contributed by atoms with Gasteiger partial charge in [0.1, 0.15) is 5.82 Å². The zero-order valence-electron chi connectivity index (χ0n) is 11.9. The standard InChI is InChI=1S/C17H12ClFN2O2/c18-13-4-1-5-14(19)15(13)17(23)21-10-2-3-11-6-8-12(9-7-11)16(20)22/h1,4-9H,10H2,(H2,20,22)(H,21,23). The van der Waals surface area contributed by atoms with Crippen LogP contribution in [0.2, 0.25) is 5.02 Å². The molecular formula is C17H12ClFN2O2. The Morgan fingerprint density at radius 3 is 2.48 bits per heavy atom. The van der Waals surface area contributed by atoms with Crippen molar-refractivity contribution in [3.8, 4) is 11.8 Å². The van der Waals surface area contributed by atoms with E-state index in [9.17, 15) is 14.0 Å². The van der Waals surface area contributed by atoms with Crippen molar-refractivity contribution in [2.24, 2.45) is 5.73 Å². The lowest BCUT2D eigenvalue weighted by Crippen LogP contribution is -2.25. The second-order valence-electron chi connectivity index (χ2n) is 4.52. The van der Waals surface area contributed by atoms with Crippen LogP contribution >= 0.6 is 11.6 Å². The molecule has 0 saturated carbocycles. The fraction of sp³-hybridized carbons (Fsp3) is 0.0588. The van der Waals surface area contributed by atoms with Gasteiger partial charge in [-0.1, -0.05) is 29.5 Å². The van der Waals surface area contributed by atoms with E-state index in [1.54, 1.807) is 24.3 Å². The summed E-state index contributed by atoms with van der Waals surface area (Å²) in [7, 11) is 0.